The Morgan fingerprint density at radius 2 is 1.95 bits per heavy atom. The van der Waals surface area contributed by atoms with E-state index in [9.17, 15) is 0 Å². The highest BCUT2D eigenvalue weighted by Crippen LogP contribution is 2.33. The minimum absolute atomic E-state index is 0.262. The molecule has 1 aliphatic rings. The van der Waals surface area contributed by atoms with Gasteiger partial charge >= 0.3 is 0 Å². The lowest BCUT2D eigenvalue weighted by Crippen LogP contribution is -2.42. The van der Waals surface area contributed by atoms with Gasteiger partial charge in [-0.25, -0.2) is 4.98 Å². The third-order valence-electron chi connectivity index (χ3n) is 3.68. The monoisotopic (exact) mass is 254 g/mol. The van der Waals surface area contributed by atoms with Crippen molar-refractivity contribution in [3.8, 4) is 0 Å². The van der Waals surface area contributed by atoms with E-state index in [0.29, 0.717) is 6.04 Å². The van der Waals surface area contributed by atoms with E-state index in [1.165, 1.54) is 5.56 Å². The molecule has 4 heteroatoms. The van der Waals surface area contributed by atoms with Crippen molar-refractivity contribution < 1.29 is 0 Å². The Morgan fingerprint density at radius 3 is 2.68 bits per heavy atom. The van der Waals surface area contributed by atoms with E-state index in [1.807, 2.05) is 30.7 Å². The number of nitrogens with two attached hydrogens (primary N) is 1. The van der Waals surface area contributed by atoms with Gasteiger partial charge in [0.05, 0.1) is 6.04 Å². The first-order valence-electron chi connectivity index (χ1n) is 6.68. The van der Waals surface area contributed by atoms with E-state index >= 15 is 0 Å². The second kappa shape index (κ2) is 5.36. The zero-order valence-electron chi connectivity index (χ0n) is 10.8. The molecule has 0 bridgehead atoms. The lowest BCUT2D eigenvalue weighted by atomic mass is 9.93. The number of aromatic nitrogens is 2. The molecule has 0 saturated carbocycles. The summed E-state index contributed by atoms with van der Waals surface area (Å²) in [5.41, 5.74) is 7.40. The van der Waals surface area contributed by atoms with Crippen LogP contribution in [0.5, 0.6) is 0 Å². The maximum absolute atomic E-state index is 6.14. The number of pyridine rings is 2. The molecule has 2 aromatic rings. The van der Waals surface area contributed by atoms with Gasteiger partial charge in [-0.3, -0.25) is 4.98 Å². The minimum atomic E-state index is 0.262. The summed E-state index contributed by atoms with van der Waals surface area (Å²) in [6, 6.07) is 10.7. The van der Waals surface area contributed by atoms with Gasteiger partial charge in [-0.05, 0) is 42.7 Å². The van der Waals surface area contributed by atoms with Crippen molar-refractivity contribution in [3.05, 3.63) is 54.5 Å². The van der Waals surface area contributed by atoms with E-state index in [2.05, 4.69) is 33.1 Å². The van der Waals surface area contributed by atoms with E-state index in [1.54, 1.807) is 0 Å². The number of hydrogen-bond donors (Lipinski definition) is 1. The molecule has 0 aliphatic carbocycles. The topological polar surface area (TPSA) is 55.0 Å². The summed E-state index contributed by atoms with van der Waals surface area (Å²) in [5, 5.41) is 0. The molecule has 1 fully saturated rings. The SMILES string of the molecule is NC1CCN(c2ccccn2)C(c2ccncc2)C1. The van der Waals surface area contributed by atoms with Crippen LogP contribution < -0.4 is 10.6 Å². The Kier molecular flexibility index (Phi) is 3.42. The first-order valence-corrected chi connectivity index (χ1v) is 6.68. The molecule has 0 amide bonds. The molecular formula is C15H18N4. The van der Waals surface area contributed by atoms with Crippen molar-refractivity contribution in [2.75, 3.05) is 11.4 Å². The van der Waals surface area contributed by atoms with E-state index in [4.69, 9.17) is 5.73 Å². The van der Waals surface area contributed by atoms with Gasteiger partial charge in [0.15, 0.2) is 0 Å². The summed E-state index contributed by atoms with van der Waals surface area (Å²) in [4.78, 5) is 10.9. The van der Waals surface area contributed by atoms with Crippen LogP contribution in [0.15, 0.2) is 48.9 Å². The predicted molar refractivity (Wildman–Crippen MR) is 75.8 cm³/mol. The molecule has 2 atom stereocenters. The number of nitrogens with zero attached hydrogens (tertiary/aromatic N) is 3. The minimum Gasteiger partial charge on any atom is -0.349 e. The van der Waals surface area contributed by atoms with Crippen molar-refractivity contribution in [2.45, 2.75) is 24.9 Å². The summed E-state index contributed by atoms with van der Waals surface area (Å²) >= 11 is 0. The van der Waals surface area contributed by atoms with Gasteiger partial charge in [0.1, 0.15) is 5.82 Å². The van der Waals surface area contributed by atoms with Crippen LogP contribution in [0.2, 0.25) is 0 Å². The zero-order valence-corrected chi connectivity index (χ0v) is 10.8. The van der Waals surface area contributed by atoms with Crippen molar-refractivity contribution in [1.82, 2.24) is 9.97 Å². The maximum Gasteiger partial charge on any atom is 0.128 e. The lowest BCUT2D eigenvalue weighted by Gasteiger charge is -2.39. The molecular weight excluding hydrogens is 236 g/mol. The average molecular weight is 254 g/mol. The van der Waals surface area contributed by atoms with Gasteiger partial charge in [-0.15, -0.1) is 0 Å². The van der Waals surface area contributed by atoms with Crippen LogP contribution in [0.3, 0.4) is 0 Å². The van der Waals surface area contributed by atoms with E-state index in [-0.39, 0.29) is 6.04 Å². The Labute approximate surface area is 113 Å². The molecule has 0 spiro atoms. The molecule has 0 aromatic carbocycles. The summed E-state index contributed by atoms with van der Waals surface area (Å²) in [7, 11) is 0. The first-order chi connectivity index (χ1) is 9.34. The predicted octanol–water partition coefficient (Wildman–Crippen LogP) is 2.15. The van der Waals surface area contributed by atoms with Gasteiger partial charge in [0, 0.05) is 31.2 Å². The highest BCUT2D eigenvalue weighted by atomic mass is 15.2. The number of piperidine rings is 1. The van der Waals surface area contributed by atoms with Crippen molar-refractivity contribution in [2.24, 2.45) is 5.73 Å². The Bertz CT molecular complexity index is 514. The molecule has 1 aliphatic heterocycles. The maximum atomic E-state index is 6.14. The second-order valence-corrected chi connectivity index (χ2v) is 4.96. The molecule has 98 valence electrons. The van der Waals surface area contributed by atoms with Gasteiger partial charge in [0.25, 0.3) is 0 Å². The smallest absolute Gasteiger partial charge is 0.128 e. The third-order valence-corrected chi connectivity index (χ3v) is 3.68. The second-order valence-electron chi connectivity index (χ2n) is 4.96. The molecule has 1 saturated heterocycles. The van der Waals surface area contributed by atoms with Crippen LogP contribution in [0.25, 0.3) is 0 Å². The first kappa shape index (κ1) is 12.1. The molecule has 3 heterocycles. The number of rotatable bonds is 2. The Morgan fingerprint density at radius 1 is 1.11 bits per heavy atom. The fourth-order valence-electron chi connectivity index (χ4n) is 2.69. The fraction of sp³-hybridized carbons (Fsp3) is 0.333. The normalized spacial score (nSPS) is 23.3. The molecule has 2 N–H and O–H groups in total. The quantitative estimate of drug-likeness (QED) is 0.892. The molecule has 2 aromatic heterocycles. The Balaban J connectivity index is 1.93. The van der Waals surface area contributed by atoms with Crippen LogP contribution in [0.4, 0.5) is 5.82 Å². The molecule has 4 nitrogen and oxygen atoms in total. The summed E-state index contributed by atoms with van der Waals surface area (Å²) in [5.74, 6) is 1.02. The van der Waals surface area contributed by atoms with Gasteiger partial charge < -0.3 is 10.6 Å². The van der Waals surface area contributed by atoms with Crippen molar-refractivity contribution in [3.63, 3.8) is 0 Å². The largest absolute Gasteiger partial charge is 0.349 e. The molecule has 0 radical (unpaired) electrons. The highest BCUT2D eigenvalue weighted by molar-refractivity contribution is 5.42. The highest BCUT2D eigenvalue weighted by Gasteiger charge is 2.28. The van der Waals surface area contributed by atoms with Crippen LogP contribution in [-0.4, -0.2) is 22.6 Å². The van der Waals surface area contributed by atoms with E-state index < -0.39 is 0 Å². The van der Waals surface area contributed by atoms with Crippen LogP contribution in [0, 0.1) is 0 Å². The lowest BCUT2D eigenvalue weighted by molar-refractivity contribution is 0.417. The molecule has 3 rings (SSSR count). The van der Waals surface area contributed by atoms with Gasteiger partial charge in [-0.2, -0.15) is 0 Å². The van der Waals surface area contributed by atoms with Gasteiger partial charge in [-0.1, -0.05) is 6.07 Å². The average Bonchev–Trinajstić information content (AvgIpc) is 2.49. The van der Waals surface area contributed by atoms with E-state index in [0.717, 1.165) is 25.2 Å². The number of anilines is 1. The number of hydrogen-bond acceptors (Lipinski definition) is 4. The Hall–Kier alpha value is -1.94. The standard InChI is InChI=1S/C15H18N4/c16-13-6-10-19(15-3-1-2-7-18-15)14(11-13)12-4-8-17-9-5-12/h1-5,7-9,13-14H,6,10-11,16H2. The zero-order chi connectivity index (χ0) is 13.1. The van der Waals surface area contributed by atoms with Crippen molar-refractivity contribution in [1.29, 1.82) is 0 Å². The van der Waals surface area contributed by atoms with Crippen LogP contribution in [-0.2, 0) is 0 Å². The van der Waals surface area contributed by atoms with Crippen molar-refractivity contribution >= 4 is 5.82 Å². The summed E-state index contributed by atoms with van der Waals surface area (Å²) in [6.45, 7) is 0.950. The fourth-order valence-corrected chi connectivity index (χ4v) is 2.69. The van der Waals surface area contributed by atoms with Crippen LogP contribution >= 0.6 is 0 Å². The van der Waals surface area contributed by atoms with Gasteiger partial charge in [0.2, 0.25) is 0 Å². The summed E-state index contributed by atoms with van der Waals surface area (Å²) in [6.07, 6.45) is 7.49. The van der Waals surface area contributed by atoms with Crippen LogP contribution in [0.1, 0.15) is 24.4 Å². The molecule has 2 unspecified atom stereocenters. The summed E-state index contributed by atoms with van der Waals surface area (Å²) < 4.78 is 0. The third kappa shape index (κ3) is 2.58. The molecule has 19 heavy (non-hydrogen) atoms.